The molecular formula is C13H15ClFN3O2S. The van der Waals surface area contributed by atoms with Crippen LogP contribution in [-0.2, 0) is 16.6 Å². The molecule has 0 bridgehead atoms. The minimum atomic E-state index is -3.61. The van der Waals surface area contributed by atoms with E-state index in [1.807, 2.05) is 6.92 Å². The molecule has 0 aliphatic rings. The van der Waals surface area contributed by atoms with Crippen molar-refractivity contribution in [3.05, 3.63) is 47.0 Å². The second-order valence-electron chi connectivity index (χ2n) is 4.51. The topological polar surface area (TPSA) is 64.0 Å². The van der Waals surface area contributed by atoms with Crippen LogP contribution in [0.25, 0.3) is 0 Å². The van der Waals surface area contributed by atoms with Crippen molar-refractivity contribution in [2.45, 2.75) is 24.8 Å². The molecule has 0 saturated carbocycles. The Morgan fingerprint density at radius 1 is 1.33 bits per heavy atom. The van der Waals surface area contributed by atoms with Gasteiger partial charge in [0, 0.05) is 13.1 Å². The van der Waals surface area contributed by atoms with E-state index >= 15 is 0 Å². The van der Waals surface area contributed by atoms with Crippen molar-refractivity contribution >= 4 is 21.6 Å². The molecular weight excluding hydrogens is 317 g/mol. The lowest BCUT2D eigenvalue weighted by atomic mass is 10.4. The van der Waals surface area contributed by atoms with Crippen LogP contribution in [0.1, 0.15) is 12.1 Å². The Morgan fingerprint density at radius 2 is 2.00 bits per heavy atom. The van der Waals surface area contributed by atoms with Crippen molar-refractivity contribution in [1.29, 1.82) is 0 Å². The van der Waals surface area contributed by atoms with Crippen molar-refractivity contribution in [3.8, 4) is 0 Å². The van der Waals surface area contributed by atoms with E-state index in [-0.39, 0.29) is 11.4 Å². The Kier molecular flexibility index (Phi) is 4.97. The first kappa shape index (κ1) is 15.9. The van der Waals surface area contributed by atoms with E-state index in [1.165, 1.54) is 12.1 Å². The number of rotatable bonds is 6. The Hall–Kier alpha value is -1.44. The highest BCUT2D eigenvalue weighted by molar-refractivity contribution is 7.89. The van der Waals surface area contributed by atoms with Gasteiger partial charge in [-0.1, -0.05) is 11.6 Å². The summed E-state index contributed by atoms with van der Waals surface area (Å²) in [5.74, 6) is -0.472. The number of halogens is 2. The summed E-state index contributed by atoms with van der Waals surface area (Å²) in [6.07, 6.45) is 2.12. The molecule has 8 heteroatoms. The van der Waals surface area contributed by atoms with E-state index in [4.69, 9.17) is 11.6 Å². The van der Waals surface area contributed by atoms with Gasteiger partial charge in [0.2, 0.25) is 10.0 Å². The first-order valence-corrected chi connectivity index (χ1v) is 8.19. The third-order valence-corrected chi connectivity index (χ3v) is 4.85. The third kappa shape index (κ3) is 4.03. The fraction of sp³-hybridized carbons (Fsp3) is 0.308. The molecule has 1 aromatic carbocycles. The maximum Gasteiger partial charge on any atom is 0.240 e. The lowest BCUT2D eigenvalue weighted by molar-refractivity contribution is 0.546. The summed E-state index contributed by atoms with van der Waals surface area (Å²) < 4.78 is 40.9. The molecule has 0 amide bonds. The molecule has 1 aromatic heterocycles. The fourth-order valence-electron chi connectivity index (χ4n) is 1.78. The van der Waals surface area contributed by atoms with Crippen LogP contribution in [-0.4, -0.2) is 24.7 Å². The Labute approximate surface area is 127 Å². The molecule has 0 aliphatic carbocycles. The summed E-state index contributed by atoms with van der Waals surface area (Å²) in [5, 5.41) is 4.67. The largest absolute Gasteiger partial charge is 0.268 e. The van der Waals surface area contributed by atoms with Crippen molar-refractivity contribution in [2.75, 3.05) is 6.54 Å². The Bertz CT molecular complexity index is 714. The van der Waals surface area contributed by atoms with Crippen LogP contribution in [0.15, 0.2) is 35.4 Å². The second-order valence-corrected chi connectivity index (χ2v) is 6.68. The van der Waals surface area contributed by atoms with Crippen molar-refractivity contribution < 1.29 is 12.8 Å². The van der Waals surface area contributed by atoms with Gasteiger partial charge in [-0.2, -0.15) is 5.10 Å². The smallest absolute Gasteiger partial charge is 0.240 e. The summed E-state index contributed by atoms with van der Waals surface area (Å²) in [6.45, 7) is 2.67. The van der Waals surface area contributed by atoms with Gasteiger partial charge in [-0.3, -0.25) is 4.68 Å². The lowest BCUT2D eigenvalue weighted by Gasteiger charge is -2.07. The summed E-state index contributed by atoms with van der Waals surface area (Å²) in [4.78, 5) is 0.0437. The van der Waals surface area contributed by atoms with Gasteiger partial charge in [-0.25, -0.2) is 17.5 Å². The predicted molar refractivity (Wildman–Crippen MR) is 78.2 cm³/mol. The normalized spacial score (nSPS) is 11.8. The molecule has 0 radical (unpaired) electrons. The van der Waals surface area contributed by atoms with Crippen molar-refractivity contribution in [2.24, 2.45) is 0 Å². The van der Waals surface area contributed by atoms with E-state index in [0.29, 0.717) is 18.0 Å². The van der Waals surface area contributed by atoms with Gasteiger partial charge < -0.3 is 0 Å². The third-order valence-electron chi connectivity index (χ3n) is 3.01. The number of aryl methyl sites for hydroxylation is 1. The number of hydrogen-bond donors (Lipinski definition) is 1. The molecule has 0 saturated heterocycles. The van der Waals surface area contributed by atoms with E-state index in [0.717, 1.165) is 17.8 Å². The van der Waals surface area contributed by atoms with E-state index in [9.17, 15) is 12.8 Å². The number of nitrogens with one attached hydrogen (secondary N) is 1. The molecule has 0 fully saturated rings. The average molecular weight is 332 g/mol. The molecule has 0 aliphatic heterocycles. The standard InChI is InChI=1S/C13H15ClFN3O2S/c1-10-13(14)9-16-18(10)8-2-7-17-21(19,20)12-5-3-11(15)4-6-12/h3-6,9,17H,2,7-8H2,1H3. The highest BCUT2D eigenvalue weighted by atomic mass is 35.5. The molecule has 114 valence electrons. The highest BCUT2D eigenvalue weighted by Gasteiger charge is 2.13. The van der Waals surface area contributed by atoms with Crippen molar-refractivity contribution in [1.82, 2.24) is 14.5 Å². The SMILES string of the molecule is Cc1c(Cl)cnn1CCCNS(=O)(=O)c1ccc(F)cc1. The van der Waals surface area contributed by atoms with Crippen LogP contribution >= 0.6 is 11.6 Å². The van der Waals surface area contributed by atoms with E-state index < -0.39 is 15.8 Å². The van der Waals surface area contributed by atoms with Gasteiger partial charge in [-0.05, 0) is 37.6 Å². The molecule has 0 atom stereocenters. The minimum absolute atomic E-state index is 0.0437. The second kappa shape index (κ2) is 6.55. The molecule has 0 unspecified atom stereocenters. The summed E-state index contributed by atoms with van der Waals surface area (Å²) in [7, 11) is -3.61. The minimum Gasteiger partial charge on any atom is -0.268 e. The van der Waals surface area contributed by atoms with E-state index in [1.54, 1.807) is 10.9 Å². The molecule has 0 spiro atoms. The maximum absolute atomic E-state index is 12.8. The number of sulfonamides is 1. The number of aromatic nitrogens is 2. The van der Waals surface area contributed by atoms with Crippen LogP contribution in [0.5, 0.6) is 0 Å². The number of hydrogen-bond acceptors (Lipinski definition) is 3. The Balaban J connectivity index is 1.88. The van der Waals surface area contributed by atoms with Crippen LogP contribution < -0.4 is 4.72 Å². The van der Waals surface area contributed by atoms with Gasteiger partial charge in [0.15, 0.2) is 0 Å². The number of nitrogens with zero attached hydrogens (tertiary/aromatic N) is 2. The van der Waals surface area contributed by atoms with Gasteiger partial charge >= 0.3 is 0 Å². The first-order valence-electron chi connectivity index (χ1n) is 6.33. The molecule has 2 rings (SSSR count). The van der Waals surface area contributed by atoms with Crippen LogP contribution in [0.3, 0.4) is 0 Å². The maximum atomic E-state index is 12.8. The quantitative estimate of drug-likeness (QED) is 0.826. The van der Waals surface area contributed by atoms with Crippen molar-refractivity contribution in [3.63, 3.8) is 0 Å². The summed E-state index contributed by atoms with van der Waals surface area (Å²) in [6, 6.07) is 4.69. The number of benzene rings is 1. The van der Waals surface area contributed by atoms with Gasteiger partial charge in [0.25, 0.3) is 0 Å². The zero-order valence-corrected chi connectivity index (χ0v) is 13.0. The van der Waals surface area contributed by atoms with Gasteiger partial charge in [0.1, 0.15) is 5.82 Å². The zero-order chi connectivity index (χ0) is 15.5. The van der Waals surface area contributed by atoms with Gasteiger partial charge in [-0.15, -0.1) is 0 Å². The van der Waals surface area contributed by atoms with E-state index in [2.05, 4.69) is 9.82 Å². The fourth-order valence-corrected chi connectivity index (χ4v) is 3.00. The molecule has 21 heavy (non-hydrogen) atoms. The molecule has 1 N–H and O–H groups in total. The highest BCUT2D eigenvalue weighted by Crippen LogP contribution is 2.13. The summed E-state index contributed by atoms with van der Waals surface area (Å²) >= 11 is 5.88. The Morgan fingerprint density at radius 3 is 2.57 bits per heavy atom. The average Bonchev–Trinajstić information content (AvgIpc) is 2.76. The van der Waals surface area contributed by atoms with Crippen LogP contribution in [0.2, 0.25) is 5.02 Å². The monoisotopic (exact) mass is 331 g/mol. The molecule has 5 nitrogen and oxygen atoms in total. The first-order chi connectivity index (χ1) is 9.90. The lowest BCUT2D eigenvalue weighted by Crippen LogP contribution is -2.25. The van der Waals surface area contributed by atoms with Crippen LogP contribution in [0, 0.1) is 12.7 Å². The van der Waals surface area contributed by atoms with Crippen LogP contribution in [0.4, 0.5) is 4.39 Å². The molecule has 2 aromatic rings. The predicted octanol–water partition coefficient (Wildman–Crippen LogP) is 2.35. The zero-order valence-electron chi connectivity index (χ0n) is 11.4. The molecule has 1 heterocycles. The van der Waals surface area contributed by atoms with Gasteiger partial charge in [0.05, 0.1) is 21.8 Å². The summed E-state index contributed by atoms with van der Waals surface area (Å²) in [5.41, 5.74) is 0.845.